The fourth-order valence-electron chi connectivity index (χ4n) is 7.24. The van der Waals surface area contributed by atoms with Gasteiger partial charge in [-0.05, 0) is 85.2 Å². The summed E-state index contributed by atoms with van der Waals surface area (Å²) in [5.41, 5.74) is 14.4. The fourth-order valence-corrected chi connectivity index (χ4v) is 9.33. The van der Waals surface area contributed by atoms with Crippen LogP contribution in [0.15, 0.2) is 48.5 Å². The molecule has 2 unspecified atom stereocenters. The Balaban J connectivity index is 1.26. The highest BCUT2D eigenvalue weighted by molar-refractivity contribution is 6.74. The number of nitrogen functional groups attached to an aromatic ring is 1. The van der Waals surface area contributed by atoms with Gasteiger partial charge in [0, 0.05) is 37.0 Å². The van der Waals surface area contributed by atoms with Crippen molar-refractivity contribution in [3.05, 3.63) is 70.8 Å². The minimum absolute atomic E-state index is 0.0226. The Morgan fingerprint density at radius 1 is 0.651 bits per heavy atom. The summed E-state index contributed by atoms with van der Waals surface area (Å²) in [5, 5.41) is 0.0999. The molecule has 346 valence electrons. The number of primary amides is 1. The van der Waals surface area contributed by atoms with Gasteiger partial charge in [0.15, 0.2) is 39.6 Å². The second-order valence-electron chi connectivity index (χ2n) is 19.6. The third kappa shape index (κ3) is 11.9. The van der Waals surface area contributed by atoms with Gasteiger partial charge in [-0.25, -0.2) is 4.79 Å². The van der Waals surface area contributed by atoms with Gasteiger partial charge in [0.1, 0.15) is 19.0 Å². The number of amides is 3. The van der Waals surface area contributed by atoms with Crippen LogP contribution in [0.2, 0.25) is 36.3 Å². The number of nitrogens with two attached hydrogens (primary N) is 2. The van der Waals surface area contributed by atoms with Crippen molar-refractivity contribution in [3.8, 4) is 28.7 Å². The molecular weight excluding hydrogens is 837 g/mol. The largest absolute Gasteiger partial charge is 0.493 e. The number of ether oxygens (including phenoxy) is 5. The fraction of sp³-hybridized carbons (Fsp3) is 0.553. The first kappa shape index (κ1) is 49.2. The van der Waals surface area contributed by atoms with E-state index in [1.165, 1.54) is 26.4 Å². The van der Waals surface area contributed by atoms with Crippen molar-refractivity contribution < 1.29 is 46.9 Å². The Bertz CT molecular complexity index is 2120. The molecule has 2 saturated heterocycles. The highest BCUT2D eigenvalue weighted by Crippen LogP contribution is 2.41. The highest BCUT2D eigenvalue weighted by Gasteiger charge is 2.41. The van der Waals surface area contributed by atoms with Crippen molar-refractivity contribution in [3.63, 3.8) is 0 Å². The van der Waals surface area contributed by atoms with E-state index in [0.717, 1.165) is 36.8 Å². The Morgan fingerprint density at radius 3 is 1.54 bits per heavy atom. The maximum absolute atomic E-state index is 14.1. The van der Waals surface area contributed by atoms with E-state index in [4.69, 9.17) is 44.0 Å². The number of hydrogen-bond donors (Lipinski definition) is 2. The van der Waals surface area contributed by atoms with Crippen LogP contribution in [0.3, 0.4) is 0 Å². The summed E-state index contributed by atoms with van der Waals surface area (Å²) in [5.74, 6) is 0.838. The minimum Gasteiger partial charge on any atom is -0.493 e. The second kappa shape index (κ2) is 19.9. The molecule has 2 aliphatic rings. The molecule has 2 aliphatic heterocycles. The van der Waals surface area contributed by atoms with Crippen LogP contribution in [-0.2, 0) is 22.1 Å². The molecule has 0 spiro atoms. The smallest absolute Gasteiger partial charge is 0.409 e. The van der Waals surface area contributed by atoms with Gasteiger partial charge in [0.05, 0.1) is 50.6 Å². The zero-order valence-electron chi connectivity index (χ0n) is 39.5. The Kier molecular flexibility index (Phi) is 15.6. The third-order valence-electron chi connectivity index (χ3n) is 13.2. The molecule has 0 aliphatic carbocycles. The van der Waals surface area contributed by atoms with E-state index >= 15 is 0 Å². The molecule has 0 saturated carbocycles. The average Bonchev–Trinajstić information content (AvgIpc) is 3.89. The van der Waals surface area contributed by atoms with Crippen LogP contribution in [0.5, 0.6) is 28.7 Å². The van der Waals surface area contributed by atoms with E-state index in [2.05, 4.69) is 67.7 Å². The first-order valence-corrected chi connectivity index (χ1v) is 27.7. The molecular formula is C47H70N4O10Si2. The predicted molar refractivity (Wildman–Crippen MR) is 250 cm³/mol. The molecule has 2 fully saturated rings. The number of anilines is 1. The van der Waals surface area contributed by atoms with E-state index in [-0.39, 0.29) is 70.0 Å². The van der Waals surface area contributed by atoms with Crippen molar-refractivity contribution in [1.29, 1.82) is 0 Å². The minimum atomic E-state index is -2.05. The molecule has 2 atom stereocenters. The predicted octanol–water partition coefficient (Wildman–Crippen LogP) is 9.15. The van der Waals surface area contributed by atoms with E-state index in [0.29, 0.717) is 49.1 Å². The van der Waals surface area contributed by atoms with Crippen LogP contribution in [-0.4, -0.2) is 96.9 Å². The van der Waals surface area contributed by atoms with Gasteiger partial charge in [-0.2, -0.15) is 0 Å². The van der Waals surface area contributed by atoms with Crippen LogP contribution in [0.4, 0.5) is 10.5 Å². The SMILES string of the molecule is COc1cc(C(=O)N2CCCC2CO[Si](C)(C)C(C)(C)C)c(N)cc1OCc1cccc(COc2cc(OC(N)=O)c(C(=O)N3CCCC3CO[Si](C)(C)C(C)(C)C)cc2OC)c1. The van der Waals surface area contributed by atoms with Gasteiger partial charge in [-0.1, -0.05) is 59.7 Å². The van der Waals surface area contributed by atoms with Crippen molar-refractivity contribution in [1.82, 2.24) is 9.80 Å². The summed E-state index contributed by atoms with van der Waals surface area (Å²) in [6, 6.07) is 13.7. The molecule has 3 amide bonds. The second-order valence-corrected chi connectivity index (χ2v) is 29.3. The van der Waals surface area contributed by atoms with E-state index < -0.39 is 22.7 Å². The number of methoxy groups -OCH3 is 2. The van der Waals surface area contributed by atoms with Gasteiger partial charge in [0.25, 0.3) is 11.8 Å². The molecule has 5 rings (SSSR count). The van der Waals surface area contributed by atoms with Gasteiger partial charge in [0.2, 0.25) is 0 Å². The Morgan fingerprint density at radius 2 is 1.10 bits per heavy atom. The highest BCUT2D eigenvalue weighted by atomic mass is 28.4. The van der Waals surface area contributed by atoms with Gasteiger partial charge >= 0.3 is 6.09 Å². The summed E-state index contributed by atoms with van der Waals surface area (Å²) in [7, 11) is -1.03. The maximum atomic E-state index is 14.1. The lowest BCUT2D eigenvalue weighted by Crippen LogP contribution is -2.46. The zero-order valence-corrected chi connectivity index (χ0v) is 41.5. The van der Waals surface area contributed by atoms with Gasteiger partial charge in [-0.15, -0.1) is 0 Å². The van der Waals surface area contributed by atoms with E-state index in [1.54, 1.807) is 17.0 Å². The molecule has 0 aromatic heterocycles. The van der Waals surface area contributed by atoms with Crippen LogP contribution in [0.25, 0.3) is 0 Å². The van der Waals surface area contributed by atoms with Crippen LogP contribution in [0, 0.1) is 0 Å². The van der Waals surface area contributed by atoms with Gasteiger partial charge < -0.3 is 53.8 Å². The molecule has 3 aromatic rings. The normalized spacial score (nSPS) is 17.1. The summed E-state index contributed by atoms with van der Waals surface area (Å²) in [6.45, 7) is 24.4. The number of rotatable bonds is 17. The lowest BCUT2D eigenvalue weighted by atomic mass is 10.1. The molecule has 4 N–H and O–H groups in total. The Hall–Kier alpha value is -4.78. The zero-order chi connectivity index (χ0) is 46.5. The van der Waals surface area contributed by atoms with Crippen LogP contribution in [0.1, 0.15) is 99.1 Å². The van der Waals surface area contributed by atoms with Crippen molar-refractivity contribution in [2.45, 2.75) is 129 Å². The van der Waals surface area contributed by atoms with Crippen LogP contribution < -0.4 is 35.2 Å². The topological polar surface area (TPSA) is 174 Å². The number of hydrogen-bond acceptors (Lipinski definition) is 11. The van der Waals surface area contributed by atoms with E-state index in [9.17, 15) is 14.4 Å². The number of carbonyl (C=O) groups is 3. The molecule has 63 heavy (non-hydrogen) atoms. The molecule has 0 bridgehead atoms. The first-order chi connectivity index (χ1) is 29.5. The summed E-state index contributed by atoms with van der Waals surface area (Å²) in [4.78, 5) is 43.7. The lowest BCUT2D eigenvalue weighted by Gasteiger charge is -2.38. The number of carbonyl (C=O) groups excluding carboxylic acids is 3. The number of likely N-dealkylation sites (tertiary alicyclic amines) is 2. The summed E-state index contributed by atoms with van der Waals surface area (Å²) in [6.07, 6.45) is 2.35. The summed E-state index contributed by atoms with van der Waals surface area (Å²) >= 11 is 0. The molecule has 0 radical (unpaired) electrons. The monoisotopic (exact) mass is 906 g/mol. The van der Waals surface area contributed by atoms with Crippen molar-refractivity contribution >= 4 is 40.2 Å². The molecule has 16 heteroatoms. The quantitative estimate of drug-likeness (QED) is 0.0977. The lowest BCUT2D eigenvalue weighted by molar-refractivity contribution is 0.0676. The standard InChI is InChI=1S/C47H70N4O10Si2/c1-46(2,3)62(9,10)59-29-33-18-14-20-50(33)43(52)35-23-39(55-7)41(25-37(35)48)57-27-31-16-13-17-32(22-31)28-58-42-26-38(61-45(49)54)36(24-40(42)56-8)44(53)51-21-15-19-34(51)30-60-63(11,12)47(4,5)6/h13,16-17,22-26,33-34H,14-15,18-21,27-30,48H2,1-12H3,(H2,49,54). The third-order valence-corrected chi connectivity index (χ3v) is 22.2. The van der Waals surface area contributed by atoms with Crippen molar-refractivity contribution in [2.75, 3.05) is 46.3 Å². The van der Waals surface area contributed by atoms with E-state index in [1.807, 2.05) is 29.2 Å². The number of benzene rings is 3. The average molecular weight is 907 g/mol. The molecule has 14 nitrogen and oxygen atoms in total. The molecule has 3 aromatic carbocycles. The maximum Gasteiger partial charge on any atom is 0.409 e. The number of nitrogens with zero attached hydrogens (tertiary/aromatic N) is 2. The molecule has 2 heterocycles. The summed E-state index contributed by atoms with van der Waals surface area (Å²) < 4.78 is 42.2. The van der Waals surface area contributed by atoms with Crippen molar-refractivity contribution in [2.24, 2.45) is 5.73 Å². The first-order valence-electron chi connectivity index (χ1n) is 21.9. The van der Waals surface area contributed by atoms with Gasteiger partial charge in [-0.3, -0.25) is 9.59 Å². The van der Waals surface area contributed by atoms with Crippen LogP contribution >= 0.6 is 0 Å². The Labute approximate surface area is 376 Å².